The number of fused-ring (bicyclic) bond motifs is 3. The molecule has 0 fully saturated rings. The van der Waals surface area contributed by atoms with E-state index in [0.29, 0.717) is 16.9 Å². The van der Waals surface area contributed by atoms with E-state index in [1.54, 1.807) is 18.2 Å². The van der Waals surface area contributed by atoms with E-state index in [9.17, 15) is 9.59 Å². The first-order chi connectivity index (χ1) is 12.2. The van der Waals surface area contributed by atoms with Gasteiger partial charge in [-0.2, -0.15) is 9.61 Å². The van der Waals surface area contributed by atoms with Crippen LogP contribution in [0.25, 0.3) is 16.4 Å². The summed E-state index contributed by atoms with van der Waals surface area (Å²) in [5, 5.41) is 7.70. The maximum absolute atomic E-state index is 12.1. The monoisotopic (exact) mass is 334 g/mol. The molecule has 2 aromatic carbocycles. The number of hydrogen-bond donors (Lipinski definition) is 2. The third kappa shape index (κ3) is 2.94. The summed E-state index contributed by atoms with van der Waals surface area (Å²) < 4.78 is 6.45. The normalized spacial score (nSPS) is 10.9. The average Bonchev–Trinajstić information content (AvgIpc) is 3.06. The van der Waals surface area contributed by atoms with Crippen molar-refractivity contribution in [1.29, 1.82) is 0 Å². The fourth-order valence-corrected chi connectivity index (χ4v) is 2.65. The molecule has 0 saturated carbocycles. The average molecular weight is 334 g/mol. The van der Waals surface area contributed by atoms with Crippen LogP contribution in [0.4, 0.5) is 10.5 Å². The quantitative estimate of drug-likeness (QED) is 0.603. The number of anilines is 1. The summed E-state index contributed by atoms with van der Waals surface area (Å²) in [7, 11) is 0. The molecule has 0 aliphatic rings. The van der Waals surface area contributed by atoms with E-state index in [4.69, 9.17) is 4.74 Å². The Bertz CT molecular complexity index is 1120. The number of aromatic amines is 1. The summed E-state index contributed by atoms with van der Waals surface area (Å²) in [5.74, 6) is 0. The number of ether oxygens (including phenoxy) is 1. The highest BCUT2D eigenvalue weighted by Crippen LogP contribution is 2.17. The van der Waals surface area contributed by atoms with Crippen molar-refractivity contribution in [3.05, 3.63) is 76.8 Å². The molecule has 25 heavy (non-hydrogen) atoms. The van der Waals surface area contributed by atoms with Gasteiger partial charge in [0, 0.05) is 11.1 Å². The van der Waals surface area contributed by atoms with Gasteiger partial charge < -0.3 is 9.72 Å². The van der Waals surface area contributed by atoms with Gasteiger partial charge in [-0.3, -0.25) is 5.32 Å². The van der Waals surface area contributed by atoms with Crippen LogP contribution in [0.5, 0.6) is 0 Å². The molecule has 0 aliphatic heterocycles. The number of nitrogens with zero attached hydrogens (tertiary/aromatic N) is 2. The molecule has 0 unspecified atom stereocenters. The molecule has 4 rings (SSSR count). The smallest absolute Gasteiger partial charge is 0.412 e. The van der Waals surface area contributed by atoms with Crippen LogP contribution in [0.2, 0.25) is 0 Å². The number of para-hydroxylation sites is 2. The van der Waals surface area contributed by atoms with Crippen molar-refractivity contribution < 1.29 is 9.53 Å². The van der Waals surface area contributed by atoms with E-state index in [1.807, 2.05) is 42.5 Å². The summed E-state index contributed by atoms with van der Waals surface area (Å²) in [6.45, 7) is -0.0336. The van der Waals surface area contributed by atoms with E-state index in [2.05, 4.69) is 15.4 Å². The summed E-state index contributed by atoms with van der Waals surface area (Å²) in [4.78, 5) is 26.7. The largest absolute Gasteiger partial charge is 0.443 e. The SMILES string of the molecule is O=C(Nc1ccccc1)OCc1cc2c3ccccc3[nH]c(=O)n2n1. The summed E-state index contributed by atoms with van der Waals surface area (Å²) >= 11 is 0. The molecule has 0 aliphatic carbocycles. The van der Waals surface area contributed by atoms with Crippen LogP contribution < -0.4 is 11.0 Å². The van der Waals surface area contributed by atoms with Gasteiger partial charge in [-0.05, 0) is 24.3 Å². The number of nitrogens with one attached hydrogen (secondary N) is 2. The maximum atomic E-state index is 12.1. The minimum Gasteiger partial charge on any atom is -0.443 e. The van der Waals surface area contributed by atoms with Crippen LogP contribution in [0.1, 0.15) is 5.69 Å². The fraction of sp³-hybridized carbons (Fsp3) is 0.0556. The first-order valence-corrected chi connectivity index (χ1v) is 7.69. The van der Waals surface area contributed by atoms with Gasteiger partial charge in [0.15, 0.2) is 0 Å². The number of amides is 1. The van der Waals surface area contributed by atoms with Crippen molar-refractivity contribution in [3.63, 3.8) is 0 Å². The zero-order valence-corrected chi connectivity index (χ0v) is 13.1. The lowest BCUT2D eigenvalue weighted by Crippen LogP contribution is -2.17. The number of carbonyl (C=O) groups excluding carboxylic acids is 1. The standard InChI is InChI=1S/C18H14N4O3/c23-17-20-15-9-5-4-8-14(15)16-10-13(21-22(16)17)11-25-18(24)19-12-6-2-1-3-7-12/h1-10H,11H2,(H,19,24)(H,20,23). The second-order valence-corrected chi connectivity index (χ2v) is 5.48. The molecule has 1 amide bonds. The predicted octanol–water partition coefficient (Wildman–Crippen LogP) is 2.92. The molecule has 0 bridgehead atoms. The first kappa shape index (κ1) is 14.9. The van der Waals surface area contributed by atoms with Gasteiger partial charge in [-0.15, -0.1) is 0 Å². The lowest BCUT2D eigenvalue weighted by molar-refractivity contribution is 0.153. The Morgan fingerprint density at radius 1 is 1.12 bits per heavy atom. The van der Waals surface area contributed by atoms with Crippen molar-refractivity contribution in [2.45, 2.75) is 6.61 Å². The van der Waals surface area contributed by atoms with E-state index >= 15 is 0 Å². The molecule has 7 heteroatoms. The Kier molecular flexibility index (Phi) is 3.66. The van der Waals surface area contributed by atoms with Crippen molar-refractivity contribution in [1.82, 2.24) is 14.6 Å². The molecule has 2 heterocycles. The highest BCUT2D eigenvalue weighted by molar-refractivity contribution is 5.93. The zero-order valence-electron chi connectivity index (χ0n) is 13.1. The second-order valence-electron chi connectivity index (χ2n) is 5.48. The van der Waals surface area contributed by atoms with Crippen LogP contribution in [-0.4, -0.2) is 20.7 Å². The highest BCUT2D eigenvalue weighted by atomic mass is 16.5. The fourth-order valence-electron chi connectivity index (χ4n) is 2.65. The van der Waals surface area contributed by atoms with Gasteiger partial charge >= 0.3 is 11.8 Å². The van der Waals surface area contributed by atoms with Crippen LogP contribution in [0, 0.1) is 0 Å². The number of H-pyrrole nitrogens is 1. The molecular weight excluding hydrogens is 320 g/mol. The molecule has 0 spiro atoms. The molecule has 2 aromatic heterocycles. The van der Waals surface area contributed by atoms with Crippen molar-refractivity contribution in [3.8, 4) is 0 Å². The lowest BCUT2D eigenvalue weighted by Gasteiger charge is -2.04. The Labute approximate surface area is 141 Å². The zero-order chi connectivity index (χ0) is 17.2. The summed E-state index contributed by atoms with van der Waals surface area (Å²) in [6, 6.07) is 18.2. The summed E-state index contributed by atoms with van der Waals surface area (Å²) in [6.07, 6.45) is -0.581. The molecule has 124 valence electrons. The summed E-state index contributed by atoms with van der Waals surface area (Å²) in [5.41, 5.74) is 2.19. The van der Waals surface area contributed by atoms with Gasteiger partial charge in [0.2, 0.25) is 0 Å². The molecule has 0 saturated heterocycles. The molecular formula is C18H14N4O3. The maximum Gasteiger partial charge on any atom is 0.412 e. The molecule has 0 radical (unpaired) electrons. The van der Waals surface area contributed by atoms with E-state index < -0.39 is 6.09 Å². The minimum atomic E-state index is -0.581. The number of rotatable bonds is 3. The predicted molar refractivity (Wildman–Crippen MR) is 93.6 cm³/mol. The van der Waals surface area contributed by atoms with Crippen molar-refractivity contribution >= 4 is 28.2 Å². The third-order valence-electron chi connectivity index (χ3n) is 3.77. The van der Waals surface area contributed by atoms with Gasteiger partial charge in [-0.1, -0.05) is 36.4 Å². The Hall–Kier alpha value is -3.61. The number of aromatic nitrogens is 3. The topological polar surface area (TPSA) is 88.5 Å². The van der Waals surface area contributed by atoms with Gasteiger partial charge in [0.05, 0.1) is 11.0 Å². The highest BCUT2D eigenvalue weighted by Gasteiger charge is 2.11. The van der Waals surface area contributed by atoms with Gasteiger partial charge in [0.1, 0.15) is 12.3 Å². The third-order valence-corrected chi connectivity index (χ3v) is 3.77. The van der Waals surface area contributed by atoms with Crippen LogP contribution >= 0.6 is 0 Å². The van der Waals surface area contributed by atoms with Crippen LogP contribution in [-0.2, 0) is 11.3 Å². The van der Waals surface area contributed by atoms with E-state index in [1.165, 1.54) is 4.52 Å². The minimum absolute atomic E-state index is 0.0336. The molecule has 7 nitrogen and oxygen atoms in total. The number of benzene rings is 2. The molecule has 4 aromatic rings. The van der Waals surface area contributed by atoms with Gasteiger partial charge in [0.25, 0.3) is 0 Å². The van der Waals surface area contributed by atoms with Gasteiger partial charge in [-0.25, -0.2) is 9.59 Å². The number of carbonyl (C=O) groups is 1. The molecule has 0 atom stereocenters. The van der Waals surface area contributed by atoms with Crippen LogP contribution in [0.3, 0.4) is 0 Å². The first-order valence-electron chi connectivity index (χ1n) is 7.69. The van der Waals surface area contributed by atoms with Crippen molar-refractivity contribution in [2.75, 3.05) is 5.32 Å². The molecule has 2 N–H and O–H groups in total. The number of hydrogen-bond acceptors (Lipinski definition) is 4. The second kappa shape index (κ2) is 6.12. The van der Waals surface area contributed by atoms with Crippen molar-refractivity contribution in [2.24, 2.45) is 0 Å². The van der Waals surface area contributed by atoms with E-state index in [-0.39, 0.29) is 12.3 Å². The Balaban J connectivity index is 1.56. The Morgan fingerprint density at radius 3 is 2.72 bits per heavy atom. The Morgan fingerprint density at radius 2 is 1.88 bits per heavy atom. The lowest BCUT2D eigenvalue weighted by atomic mass is 10.2. The van der Waals surface area contributed by atoms with Crippen LogP contribution in [0.15, 0.2) is 65.5 Å². The van der Waals surface area contributed by atoms with E-state index in [0.717, 1.165) is 10.9 Å².